The van der Waals surface area contributed by atoms with Crippen LogP contribution in [0.5, 0.6) is 0 Å². The number of hydrogen-bond acceptors (Lipinski definition) is 4. The van der Waals surface area contributed by atoms with Gasteiger partial charge >= 0.3 is 0 Å². The molecule has 0 amide bonds. The number of likely N-dealkylation sites (tertiary alicyclic amines) is 1. The molecule has 2 heterocycles. The predicted octanol–water partition coefficient (Wildman–Crippen LogP) is 6.41. The molecule has 0 spiro atoms. The molecule has 2 aliphatic heterocycles. The quantitative estimate of drug-likeness (QED) is 0.309. The zero-order valence-electron chi connectivity index (χ0n) is 22.2. The van der Waals surface area contributed by atoms with E-state index in [1.807, 2.05) is 30.3 Å². The molecule has 1 saturated heterocycles. The van der Waals surface area contributed by atoms with Gasteiger partial charge in [-0.2, -0.15) is 0 Å². The predicted molar refractivity (Wildman–Crippen MR) is 156 cm³/mol. The summed E-state index contributed by atoms with van der Waals surface area (Å²) in [5, 5.41) is 0.790. The molecule has 6 heteroatoms. The summed E-state index contributed by atoms with van der Waals surface area (Å²) >= 11 is 6.13. The minimum absolute atomic E-state index is 0.245. The van der Waals surface area contributed by atoms with Gasteiger partial charge in [-0.3, -0.25) is 9.80 Å². The van der Waals surface area contributed by atoms with E-state index in [9.17, 15) is 8.42 Å². The van der Waals surface area contributed by atoms with Crippen molar-refractivity contribution in [2.75, 3.05) is 31.9 Å². The summed E-state index contributed by atoms with van der Waals surface area (Å²) in [7, 11) is -3.26. The molecule has 0 aliphatic carbocycles. The minimum Gasteiger partial charge on any atom is -0.299 e. The summed E-state index contributed by atoms with van der Waals surface area (Å²) in [6.45, 7) is 5.98. The van der Waals surface area contributed by atoms with Gasteiger partial charge in [0.05, 0.1) is 10.6 Å². The van der Waals surface area contributed by atoms with E-state index in [1.54, 1.807) is 0 Å². The van der Waals surface area contributed by atoms with E-state index < -0.39 is 9.84 Å². The van der Waals surface area contributed by atoms with Gasteiger partial charge < -0.3 is 0 Å². The number of fused-ring (bicyclic) bond motifs is 1. The minimum atomic E-state index is -3.26. The Labute approximate surface area is 233 Å². The monoisotopic (exact) mass is 550 g/mol. The summed E-state index contributed by atoms with van der Waals surface area (Å²) in [5.41, 5.74) is 5.08. The first-order valence-electron chi connectivity index (χ1n) is 14.0. The molecule has 3 aromatic carbocycles. The Morgan fingerprint density at radius 3 is 2.18 bits per heavy atom. The van der Waals surface area contributed by atoms with Crippen LogP contribution in [-0.2, 0) is 35.8 Å². The lowest BCUT2D eigenvalue weighted by Crippen LogP contribution is -2.33. The van der Waals surface area contributed by atoms with Gasteiger partial charge in [-0.15, -0.1) is 0 Å². The topological polar surface area (TPSA) is 40.6 Å². The van der Waals surface area contributed by atoms with E-state index in [1.165, 1.54) is 22.3 Å². The van der Waals surface area contributed by atoms with Crippen LogP contribution >= 0.6 is 11.6 Å². The second-order valence-electron chi connectivity index (χ2n) is 11.0. The van der Waals surface area contributed by atoms with Crippen molar-refractivity contribution in [3.8, 4) is 0 Å². The molecule has 1 fully saturated rings. The number of benzene rings is 3. The van der Waals surface area contributed by atoms with Crippen molar-refractivity contribution < 1.29 is 8.42 Å². The number of sulfone groups is 1. The molecule has 0 atom stereocenters. The van der Waals surface area contributed by atoms with Gasteiger partial charge in [0.2, 0.25) is 0 Å². The number of halogens is 1. The Kier molecular flexibility index (Phi) is 9.21. The summed E-state index contributed by atoms with van der Waals surface area (Å²) < 4.78 is 26.4. The van der Waals surface area contributed by atoms with E-state index in [2.05, 4.69) is 52.3 Å². The third-order valence-electron chi connectivity index (χ3n) is 8.21. The Morgan fingerprint density at radius 1 is 0.737 bits per heavy atom. The van der Waals surface area contributed by atoms with E-state index >= 15 is 0 Å². The standard InChI is InChI=1S/C32H39ClN2O2S/c33-31-10-4-8-28(22-31)25-34-17-13-26(14-18-34)9-5-21-38(36,37)32-12-11-29-15-19-35(20-16-30(29)23-32)24-27-6-2-1-3-7-27/h1-4,6-8,10-12,22-23,26H,5,9,13-21,24-25H2. The van der Waals surface area contributed by atoms with Gasteiger partial charge in [0.25, 0.3) is 0 Å². The second kappa shape index (κ2) is 12.8. The van der Waals surface area contributed by atoms with Gasteiger partial charge in [-0.05, 0) is 104 Å². The summed E-state index contributed by atoms with van der Waals surface area (Å²) in [5.74, 6) is 0.859. The zero-order valence-corrected chi connectivity index (χ0v) is 23.8. The normalized spacial score (nSPS) is 17.7. The highest BCUT2D eigenvalue weighted by Crippen LogP contribution is 2.26. The van der Waals surface area contributed by atoms with Crippen LogP contribution in [0.15, 0.2) is 77.7 Å². The lowest BCUT2D eigenvalue weighted by Gasteiger charge is -2.32. The van der Waals surface area contributed by atoms with Crippen molar-refractivity contribution >= 4 is 21.4 Å². The first-order chi connectivity index (χ1) is 18.4. The summed E-state index contributed by atoms with van der Waals surface area (Å²) in [6.07, 6.45) is 5.88. The molecule has 0 aromatic heterocycles. The average molecular weight is 551 g/mol. The molecule has 2 aliphatic rings. The largest absolute Gasteiger partial charge is 0.299 e. The van der Waals surface area contributed by atoms with Crippen molar-refractivity contribution in [3.05, 3.63) is 100 Å². The molecule has 202 valence electrons. The first-order valence-corrected chi connectivity index (χ1v) is 16.1. The molecule has 5 rings (SSSR count). The fourth-order valence-electron chi connectivity index (χ4n) is 5.95. The SMILES string of the molecule is O=S(=O)(CCCC1CCN(Cc2cccc(Cl)c2)CC1)c1ccc2c(c1)CCN(Cc1ccccc1)CC2. The van der Waals surface area contributed by atoms with Crippen LogP contribution < -0.4 is 0 Å². The molecule has 0 radical (unpaired) electrons. The van der Waals surface area contributed by atoms with Crippen LogP contribution in [0.25, 0.3) is 0 Å². The van der Waals surface area contributed by atoms with Crippen molar-refractivity contribution in [2.45, 2.75) is 56.5 Å². The number of piperidine rings is 1. The fraction of sp³-hybridized carbons (Fsp3) is 0.438. The summed E-state index contributed by atoms with van der Waals surface area (Å²) in [4.78, 5) is 5.46. The average Bonchev–Trinajstić information content (AvgIpc) is 3.12. The van der Waals surface area contributed by atoms with Gasteiger partial charge in [0, 0.05) is 31.2 Å². The van der Waals surface area contributed by atoms with Gasteiger partial charge in [0.1, 0.15) is 0 Å². The van der Waals surface area contributed by atoms with Crippen LogP contribution in [0.4, 0.5) is 0 Å². The smallest absolute Gasteiger partial charge is 0.178 e. The Morgan fingerprint density at radius 2 is 1.42 bits per heavy atom. The lowest BCUT2D eigenvalue weighted by atomic mass is 9.92. The molecule has 3 aromatic rings. The molecular weight excluding hydrogens is 512 g/mol. The second-order valence-corrected chi connectivity index (χ2v) is 13.5. The van der Waals surface area contributed by atoms with Crippen LogP contribution in [0.1, 0.15) is 47.9 Å². The van der Waals surface area contributed by atoms with E-state index in [-0.39, 0.29) is 5.75 Å². The third-order valence-corrected chi connectivity index (χ3v) is 10.2. The maximum Gasteiger partial charge on any atom is 0.178 e. The first kappa shape index (κ1) is 27.4. The van der Waals surface area contributed by atoms with E-state index in [4.69, 9.17) is 11.6 Å². The molecule has 0 unspecified atom stereocenters. The molecule has 38 heavy (non-hydrogen) atoms. The van der Waals surface area contributed by atoms with Crippen molar-refractivity contribution in [2.24, 2.45) is 5.92 Å². The van der Waals surface area contributed by atoms with E-state index in [0.717, 1.165) is 82.8 Å². The molecule has 0 N–H and O–H groups in total. The van der Waals surface area contributed by atoms with Crippen molar-refractivity contribution in [3.63, 3.8) is 0 Å². The molecule has 0 bridgehead atoms. The van der Waals surface area contributed by atoms with Gasteiger partial charge in [-0.1, -0.05) is 60.1 Å². The lowest BCUT2D eigenvalue weighted by molar-refractivity contribution is 0.172. The number of hydrogen-bond donors (Lipinski definition) is 0. The third kappa shape index (κ3) is 7.47. The van der Waals surface area contributed by atoms with E-state index in [0.29, 0.717) is 10.8 Å². The Bertz CT molecular complexity index is 1300. The van der Waals surface area contributed by atoms with Crippen molar-refractivity contribution in [1.29, 1.82) is 0 Å². The Hall–Kier alpha value is -2.18. The summed E-state index contributed by atoms with van der Waals surface area (Å²) in [6, 6.07) is 24.5. The van der Waals surface area contributed by atoms with Crippen LogP contribution in [0.2, 0.25) is 5.02 Å². The highest BCUT2D eigenvalue weighted by molar-refractivity contribution is 7.91. The maximum absolute atomic E-state index is 13.2. The molecular formula is C32H39ClN2O2S. The highest BCUT2D eigenvalue weighted by Gasteiger charge is 2.22. The molecule has 4 nitrogen and oxygen atoms in total. The Balaban J connectivity index is 1.08. The van der Waals surface area contributed by atoms with Gasteiger partial charge in [-0.25, -0.2) is 8.42 Å². The molecule has 0 saturated carbocycles. The van der Waals surface area contributed by atoms with Crippen LogP contribution in [0, 0.1) is 5.92 Å². The van der Waals surface area contributed by atoms with Gasteiger partial charge in [0.15, 0.2) is 9.84 Å². The van der Waals surface area contributed by atoms with Crippen molar-refractivity contribution in [1.82, 2.24) is 9.80 Å². The number of nitrogens with zero attached hydrogens (tertiary/aromatic N) is 2. The fourth-order valence-corrected chi connectivity index (χ4v) is 7.54. The highest BCUT2D eigenvalue weighted by atomic mass is 35.5. The number of rotatable bonds is 9. The van der Waals surface area contributed by atoms with Crippen LogP contribution in [0.3, 0.4) is 0 Å². The van der Waals surface area contributed by atoms with Crippen LogP contribution in [-0.4, -0.2) is 50.1 Å². The maximum atomic E-state index is 13.2. The zero-order chi connectivity index (χ0) is 26.4.